The molecule has 8 nitrogen and oxygen atoms in total. The Labute approximate surface area is 208 Å². The molecule has 0 aromatic heterocycles. The van der Waals surface area contributed by atoms with E-state index in [1.807, 2.05) is 0 Å². The molecule has 0 saturated carbocycles. The van der Waals surface area contributed by atoms with Gasteiger partial charge in [-0.2, -0.15) is 0 Å². The minimum atomic E-state index is -0.983. The molecule has 0 aliphatic carbocycles. The van der Waals surface area contributed by atoms with Crippen molar-refractivity contribution in [1.29, 1.82) is 0 Å². The van der Waals surface area contributed by atoms with Crippen LogP contribution in [0.5, 0.6) is 0 Å². The Bertz CT molecular complexity index is 1180. The number of carbonyl (C=O) groups excluding carboxylic acids is 4. The summed E-state index contributed by atoms with van der Waals surface area (Å²) in [5.74, 6) is -1.65. The lowest BCUT2D eigenvalue weighted by atomic mass is 10.0. The van der Waals surface area contributed by atoms with Crippen LogP contribution < -0.4 is 16.4 Å². The number of nitrogens with two attached hydrogens (primary N) is 1. The fraction of sp³-hybridized carbons (Fsp3) is 0.182. The normalized spacial score (nSPS) is 15.5. The molecule has 2 aromatic carbocycles. The standard InChI is InChI=1S/C22H19Cl2FN4O4S/c23-13-6-5-12(15(24)10-13)9-18-20(31)29(22(33)34-18)8-7-27-19(30)11-17(28-21(26)32)14-3-1-2-4-16(14)25/h1-6,9-10,17H,7-8,11H2,(H,27,30)(H3,26,28,32). The molecule has 1 heterocycles. The first-order valence-corrected chi connectivity index (χ1v) is 11.5. The number of nitrogens with one attached hydrogen (secondary N) is 2. The van der Waals surface area contributed by atoms with Crippen molar-refractivity contribution in [3.63, 3.8) is 0 Å². The Morgan fingerprint density at radius 2 is 1.91 bits per heavy atom. The molecule has 0 spiro atoms. The Kier molecular flexibility index (Phi) is 8.54. The van der Waals surface area contributed by atoms with Crippen molar-refractivity contribution in [2.75, 3.05) is 13.1 Å². The lowest BCUT2D eigenvalue weighted by Gasteiger charge is -2.19. The summed E-state index contributed by atoms with van der Waals surface area (Å²) in [4.78, 5) is 49.7. The zero-order valence-electron chi connectivity index (χ0n) is 17.5. The Morgan fingerprint density at radius 1 is 1.18 bits per heavy atom. The summed E-state index contributed by atoms with van der Waals surface area (Å²) >= 11 is 12.7. The first-order valence-electron chi connectivity index (χ1n) is 9.93. The van der Waals surface area contributed by atoms with Gasteiger partial charge in [-0.3, -0.25) is 19.3 Å². The summed E-state index contributed by atoms with van der Waals surface area (Å²) < 4.78 is 14.1. The van der Waals surface area contributed by atoms with Crippen molar-refractivity contribution in [3.8, 4) is 0 Å². The predicted octanol–water partition coefficient (Wildman–Crippen LogP) is 4.08. The zero-order valence-corrected chi connectivity index (χ0v) is 19.8. The van der Waals surface area contributed by atoms with Crippen molar-refractivity contribution in [2.45, 2.75) is 12.5 Å². The molecule has 12 heteroatoms. The molecule has 1 unspecified atom stereocenters. The van der Waals surface area contributed by atoms with Gasteiger partial charge >= 0.3 is 6.03 Å². The second kappa shape index (κ2) is 11.4. The van der Waals surface area contributed by atoms with Crippen molar-refractivity contribution in [1.82, 2.24) is 15.5 Å². The number of imide groups is 1. The average molecular weight is 525 g/mol. The minimum absolute atomic E-state index is 0.0353. The van der Waals surface area contributed by atoms with Crippen molar-refractivity contribution in [3.05, 3.63) is 74.4 Å². The van der Waals surface area contributed by atoms with Crippen molar-refractivity contribution in [2.24, 2.45) is 5.73 Å². The maximum atomic E-state index is 14.1. The Hall–Kier alpha value is -3.08. The number of amides is 5. The number of rotatable bonds is 8. The number of halogens is 3. The molecule has 178 valence electrons. The second-order valence-corrected chi connectivity index (χ2v) is 8.97. The average Bonchev–Trinajstić information content (AvgIpc) is 3.02. The molecular weight excluding hydrogens is 506 g/mol. The summed E-state index contributed by atoms with van der Waals surface area (Å²) in [6.07, 6.45) is 1.21. The molecule has 0 radical (unpaired) electrons. The summed E-state index contributed by atoms with van der Waals surface area (Å²) in [5.41, 5.74) is 5.78. The lowest BCUT2D eigenvalue weighted by molar-refractivity contribution is -0.124. The number of hydrogen-bond donors (Lipinski definition) is 3. The number of nitrogens with zero attached hydrogens (tertiary/aromatic N) is 1. The van der Waals surface area contributed by atoms with E-state index in [9.17, 15) is 23.6 Å². The summed E-state index contributed by atoms with van der Waals surface area (Å²) in [6, 6.07) is 8.55. The Morgan fingerprint density at radius 3 is 2.59 bits per heavy atom. The zero-order chi connectivity index (χ0) is 24.8. The van der Waals surface area contributed by atoms with E-state index in [0.29, 0.717) is 15.6 Å². The van der Waals surface area contributed by atoms with Crippen LogP contribution in [0, 0.1) is 5.82 Å². The van der Waals surface area contributed by atoms with Crippen LogP contribution in [0.25, 0.3) is 6.08 Å². The third-order valence-electron chi connectivity index (χ3n) is 4.77. The van der Waals surface area contributed by atoms with Crippen LogP contribution >= 0.6 is 35.0 Å². The van der Waals surface area contributed by atoms with E-state index in [-0.39, 0.29) is 30.0 Å². The summed E-state index contributed by atoms with van der Waals surface area (Å²) in [5, 5.41) is 5.18. The van der Waals surface area contributed by atoms with E-state index in [4.69, 9.17) is 28.9 Å². The van der Waals surface area contributed by atoms with E-state index >= 15 is 0 Å². The smallest absolute Gasteiger partial charge is 0.312 e. The molecule has 0 bridgehead atoms. The predicted molar refractivity (Wildman–Crippen MR) is 129 cm³/mol. The van der Waals surface area contributed by atoms with Crippen LogP contribution in [0.4, 0.5) is 14.0 Å². The van der Waals surface area contributed by atoms with Gasteiger partial charge in [0, 0.05) is 28.7 Å². The van der Waals surface area contributed by atoms with Gasteiger partial charge in [-0.05, 0) is 41.6 Å². The molecule has 1 saturated heterocycles. The van der Waals surface area contributed by atoms with Crippen LogP contribution in [-0.4, -0.2) is 41.1 Å². The first-order chi connectivity index (χ1) is 16.2. The molecule has 2 aromatic rings. The molecule has 5 amide bonds. The molecular formula is C22H19Cl2FN4O4S. The number of hydrogen-bond acceptors (Lipinski definition) is 5. The molecule has 34 heavy (non-hydrogen) atoms. The van der Waals surface area contributed by atoms with E-state index in [2.05, 4.69) is 10.6 Å². The van der Waals surface area contributed by atoms with E-state index in [1.165, 1.54) is 30.3 Å². The minimum Gasteiger partial charge on any atom is -0.354 e. The van der Waals surface area contributed by atoms with Gasteiger partial charge < -0.3 is 16.4 Å². The molecule has 4 N–H and O–H groups in total. The topological polar surface area (TPSA) is 122 Å². The number of urea groups is 1. The molecule has 1 aliphatic heterocycles. The van der Waals surface area contributed by atoms with E-state index < -0.39 is 34.9 Å². The van der Waals surface area contributed by atoms with Gasteiger partial charge in [0.05, 0.1) is 17.4 Å². The van der Waals surface area contributed by atoms with E-state index in [1.54, 1.807) is 18.2 Å². The largest absolute Gasteiger partial charge is 0.354 e. The maximum absolute atomic E-state index is 14.1. The quantitative estimate of drug-likeness (QED) is 0.449. The van der Waals surface area contributed by atoms with Gasteiger partial charge in [0.25, 0.3) is 11.1 Å². The molecule has 1 atom stereocenters. The second-order valence-electron chi connectivity index (χ2n) is 7.14. The maximum Gasteiger partial charge on any atom is 0.312 e. The number of carbonyl (C=O) groups is 4. The van der Waals surface area contributed by atoms with Gasteiger partial charge in [-0.25, -0.2) is 9.18 Å². The highest BCUT2D eigenvalue weighted by atomic mass is 35.5. The highest BCUT2D eigenvalue weighted by Gasteiger charge is 2.34. The van der Waals surface area contributed by atoms with Gasteiger partial charge in [0.2, 0.25) is 5.91 Å². The Balaban J connectivity index is 1.58. The highest BCUT2D eigenvalue weighted by molar-refractivity contribution is 8.18. The molecule has 1 aliphatic rings. The third-order valence-corrected chi connectivity index (χ3v) is 6.24. The summed E-state index contributed by atoms with van der Waals surface area (Å²) in [6.45, 7) is -0.109. The number of benzene rings is 2. The highest BCUT2D eigenvalue weighted by Crippen LogP contribution is 2.33. The number of thioether (sulfide) groups is 1. The van der Waals surface area contributed by atoms with Crippen molar-refractivity contribution < 1.29 is 23.6 Å². The monoisotopic (exact) mass is 524 g/mol. The molecule has 3 rings (SSSR count). The van der Waals surface area contributed by atoms with Gasteiger partial charge in [-0.1, -0.05) is 47.5 Å². The third kappa shape index (κ3) is 6.49. The SMILES string of the molecule is NC(=O)NC(CC(=O)NCCN1C(=O)SC(=Cc2ccc(Cl)cc2Cl)C1=O)c1ccccc1F. The van der Waals surface area contributed by atoms with Crippen LogP contribution in [0.2, 0.25) is 10.0 Å². The van der Waals surface area contributed by atoms with Crippen LogP contribution in [-0.2, 0) is 9.59 Å². The van der Waals surface area contributed by atoms with Crippen LogP contribution in [0.1, 0.15) is 23.6 Å². The van der Waals surface area contributed by atoms with Crippen LogP contribution in [0.3, 0.4) is 0 Å². The van der Waals surface area contributed by atoms with Crippen molar-refractivity contribution >= 4 is 64.1 Å². The van der Waals surface area contributed by atoms with E-state index in [0.717, 1.165) is 16.7 Å². The van der Waals surface area contributed by atoms with Gasteiger partial charge in [-0.15, -0.1) is 0 Å². The summed E-state index contributed by atoms with van der Waals surface area (Å²) in [7, 11) is 0. The lowest BCUT2D eigenvalue weighted by Crippen LogP contribution is -2.40. The first kappa shape index (κ1) is 25.5. The number of primary amides is 1. The fourth-order valence-electron chi connectivity index (χ4n) is 3.19. The fourth-order valence-corrected chi connectivity index (χ4v) is 4.50. The van der Waals surface area contributed by atoms with Gasteiger partial charge in [0.15, 0.2) is 0 Å². The van der Waals surface area contributed by atoms with Gasteiger partial charge in [0.1, 0.15) is 5.82 Å². The van der Waals surface area contributed by atoms with Crippen LogP contribution in [0.15, 0.2) is 47.4 Å². The molecule has 1 fully saturated rings.